The van der Waals surface area contributed by atoms with Crippen LogP contribution in [0.1, 0.15) is 45.9 Å². The van der Waals surface area contributed by atoms with E-state index in [1.54, 1.807) is 6.07 Å². The fourth-order valence-corrected chi connectivity index (χ4v) is 2.99. The lowest BCUT2D eigenvalue weighted by Crippen LogP contribution is -2.48. The third kappa shape index (κ3) is 3.31. The van der Waals surface area contributed by atoms with Crippen LogP contribution in [0.3, 0.4) is 0 Å². The Morgan fingerprint density at radius 3 is 2.67 bits per heavy atom. The molecule has 1 saturated heterocycles. The second kappa shape index (κ2) is 6.69. The van der Waals surface area contributed by atoms with Gasteiger partial charge in [-0.3, -0.25) is 4.79 Å². The Morgan fingerprint density at radius 1 is 1.17 bits per heavy atom. The number of nitrogens with zero attached hydrogens (tertiary/aromatic N) is 3. The fourth-order valence-electron chi connectivity index (χ4n) is 2.99. The van der Waals surface area contributed by atoms with E-state index in [2.05, 4.69) is 42.2 Å². The minimum Gasteiger partial charge on any atom is -0.370 e. The van der Waals surface area contributed by atoms with Crippen LogP contribution in [0.4, 0.5) is 0 Å². The van der Waals surface area contributed by atoms with E-state index in [4.69, 9.17) is 4.74 Å². The van der Waals surface area contributed by atoms with E-state index in [0.717, 1.165) is 11.3 Å². The zero-order valence-corrected chi connectivity index (χ0v) is 14.6. The van der Waals surface area contributed by atoms with Crippen molar-refractivity contribution in [2.75, 3.05) is 13.2 Å². The summed E-state index contributed by atoms with van der Waals surface area (Å²) in [5, 5.41) is 8.03. The standard InChI is InChI=1S/C19H23N3O2/c1-12-5-6-13(2)16(9-12)18-10-22(15(4)11-24-18)19(23)17-8-7-14(3)20-21-17/h5-9,15,18H,10-11H2,1-4H3. The maximum absolute atomic E-state index is 12.8. The smallest absolute Gasteiger partial charge is 0.274 e. The van der Waals surface area contributed by atoms with Crippen molar-refractivity contribution in [1.29, 1.82) is 0 Å². The molecule has 2 atom stereocenters. The van der Waals surface area contributed by atoms with E-state index in [0.29, 0.717) is 18.8 Å². The summed E-state index contributed by atoms with van der Waals surface area (Å²) in [5.41, 5.74) is 4.71. The number of aryl methyl sites for hydroxylation is 3. The molecule has 0 N–H and O–H groups in total. The van der Waals surface area contributed by atoms with Crippen LogP contribution in [0.15, 0.2) is 30.3 Å². The number of benzene rings is 1. The number of amides is 1. The first-order valence-electron chi connectivity index (χ1n) is 8.25. The minimum atomic E-state index is -0.108. The highest BCUT2D eigenvalue weighted by atomic mass is 16.5. The van der Waals surface area contributed by atoms with Gasteiger partial charge in [0.05, 0.1) is 24.9 Å². The molecule has 0 aliphatic carbocycles. The van der Waals surface area contributed by atoms with Crippen LogP contribution in [0.2, 0.25) is 0 Å². The fraction of sp³-hybridized carbons (Fsp3) is 0.421. The SMILES string of the molecule is Cc1ccc(C)c(C2CN(C(=O)c3ccc(C)nn3)C(C)CO2)c1. The van der Waals surface area contributed by atoms with Gasteiger partial charge in [-0.2, -0.15) is 5.10 Å². The molecule has 2 heterocycles. The molecule has 5 heteroatoms. The van der Waals surface area contributed by atoms with Crippen LogP contribution < -0.4 is 0 Å². The summed E-state index contributed by atoms with van der Waals surface area (Å²) in [4.78, 5) is 14.7. The molecule has 1 aliphatic rings. The first-order chi connectivity index (χ1) is 11.5. The third-order valence-electron chi connectivity index (χ3n) is 4.49. The molecule has 1 aromatic carbocycles. The van der Waals surface area contributed by atoms with Crippen LogP contribution in [0, 0.1) is 20.8 Å². The average Bonchev–Trinajstić information content (AvgIpc) is 2.58. The maximum Gasteiger partial charge on any atom is 0.274 e. The molecule has 1 fully saturated rings. The monoisotopic (exact) mass is 325 g/mol. The number of hydrogen-bond acceptors (Lipinski definition) is 4. The summed E-state index contributed by atoms with van der Waals surface area (Å²) in [6.45, 7) is 9.05. The molecule has 24 heavy (non-hydrogen) atoms. The van der Waals surface area contributed by atoms with Crippen molar-refractivity contribution >= 4 is 5.91 Å². The molecule has 2 aromatic rings. The second-order valence-corrected chi connectivity index (χ2v) is 6.55. The van der Waals surface area contributed by atoms with Gasteiger partial charge >= 0.3 is 0 Å². The van der Waals surface area contributed by atoms with Crippen molar-refractivity contribution in [3.8, 4) is 0 Å². The number of hydrogen-bond donors (Lipinski definition) is 0. The second-order valence-electron chi connectivity index (χ2n) is 6.55. The van der Waals surface area contributed by atoms with E-state index in [9.17, 15) is 4.79 Å². The summed E-state index contributed by atoms with van der Waals surface area (Å²) < 4.78 is 6.02. The maximum atomic E-state index is 12.8. The third-order valence-corrected chi connectivity index (χ3v) is 4.49. The van der Waals surface area contributed by atoms with Gasteiger partial charge in [0.2, 0.25) is 0 Å². The lowest BCUT2D eigenvalue weighted by Gasteiger charge is -2.38. The van der Waals surface area contributed by atoms with Gasteiger partial charge in [-0.05, 0) is 51.0 Å². The molecule has 5 nitrogen and oxygen atoms in total. The molecule has 1 aliphatic heterocycles. The lowest BCUT2D eigenvalue weighted by molar-refractivity contribution is -0.0491. The van der Waals surface area contributed by atoms with Crippen LogP contribution in [-0.2, 0) is 4.74 Å². The van der Waals surface area contributed by atoms with Gasteiger partial charge < -0.3 is 9.64 Å². The number of morpholine rings is 1. The van der Waals surface area contributed by atoms with E-state index in [1.165, 1.54) is 11.1 Å². The Balaban J connectivity index is 1.84. The van der Waals surface area contributed by atoms with Gasteiger partial charge in [0.25, 0.3) is 5.91 Å². The number of carbonyl (C=O) groups is 1. The van der Waals surface area contributed by atoms with Gasteiger partial charge in [-0.15, -0.1) is 5.10 Å². The van der Waals surface area contributed by atoms with Gasteiger partial charge in [-0.1, -0.05) is 23.8 Å². The highest BCUT2D eigenvalue weighted by Gasteiger charge is 2.32. The predicted octanol–water partition coefficient (Wildman–Crippen LogP) is 3.00. The first-order valence-corrected chi connectivity index (χ1v) is 8.25. The molecule has 0 radical (unpaired) electrons. The molecular formula is C19H23N3O2. The number of carbonyl (C=O) groups excluding carboxylic acids is 1. The number of ether oxygens (including phenoxy) is 1. The van der Waals surface area contributed by atoms with Crippen molar-refractivity contribution in [3.05, 3.63) is 58.4 Å². The lowest BCUT2D eigenvalue weighted by atomic mass is 9.98. The Morgan fingerprint density at radius 2 is 1.96 bits per heavy atom. The summed E-state index contributed by atoms with van der Waals surface area (Å²) in [6.07, 6.45) is -0.108. The van der Waals surface area contributed by atoms with Crippen molar-refractivity contribution in [1.82, 2.24) is 15.1 Å². The molecule has 0 saturated carbocycles. The topological polar surface area (TPSA) is 55.3 Å². The van der Waals surface area contributed by atoms with Crippen LogP contribution in [0.25, 0.3) is 0 Å². The van der Waals surface area contributed by atoms with E-state index < -0.39 is 0 Å². The molecule has 1 aromatic heterocycles. The van der Waals surface area contributed by atoms with E-state index in [1.807, 2.05) is 24.8 Å². The van der Waals surface area contributed by atoms with Crippen molar-refractivity contribution in [2.45, 2.75) is 39.8 Å². The molecule has 3 rings (SSSR count). The van der Waals surface area contributed by atoms with Crippen molar-refractivity contribution in [3.63, 3.8) is 0 Å². The summed E-state index contributed by atoms with van der Waals surface area (Å²) in [7, 11) is 0. The molecule has 126 valence electrons. The quantitative estimate of drug-likeness (QED) is 0.852. The highest BCUT2D eigenvalue weighted by molar-refractivity contribution is 5.92. The van der Waals surface area contributed by atoms with Crippen molar-refractivity contribution < 1.29 is 9.53 Å². The Hall–Kier alpha value is -2.27. The van der Waals surface area contributed by atoms with Gasteiger partial charge in [0.15, 0.2) is 5.69 Å². The molecule has 0 bridgehead atoms. The highest BCUT2D eigenvalue weighted by Crippen LogP contribution is 2.28. The largest absolute Gasteiger partial charge is 0.370 e. The first kappa shape index (κ1) is 16.6. The Labute approximate surface area is 142 Å². The van der Waals surface area contributed by atoms with Gasteiger partial charge in [-0.25, -0.2) is 0 Å². The Bertz CT molecular complexity index is 743. The van der Waals surface area contributed by atoms with Gasteiger partial charge in [0, 0.05) is 0 Å². The average molecular weight is 325 g/mol. The van der Waals surface area contributed by atoms with Crippen LogP contribution in [-0.4, -0.2) is 40.2 Å². The number of aromatic nitrogens is 2. The molecule has 2 unspecified atom stereocenters. The summed E-state index contributed by atoms with van der Waals surface area (Å²) in [5.74, 6) is -0.0893. The van der Waals surface area contributed by atoms with Crippen LogP contribution in [0.5, 0.6) is 0 Å². The molecule has 1 amide bonds. The van der Waals surface area contributed by atoms with Crippen LogP contribution >= 0.6 is 0 Å². The molecular weight excluding hydrogens is 302 g/mol. The van der Waals surface area contributed by atoms with E-state index >= 15 is 0 Å². The summed E-state index contributed by atoms with van der Waals surface area (Å²) in [6, 6.07) is 9.90. The Kier molecular flexibility index (Phi) is 4.62. The zero-order chi connectivity index (χ0) is 17.3. The van der Waals surface area contributed by atoms with E-state index in [-0.39, 0.29) is 18.1 Å². The van der Waals surface area contributed by atoms with Crippen molar-refractivity contribution in [2.24, 2.45) is 0 Å². The minimum absolute atomic E-state index is 0.0157. The molecule has 0 spiro atoms. The van der Waals surface area contributed by atoms with Gasteiger partial charge in [0.1, 0.15) is 6.10 Å². The summed E-state index contributed by atoms with van der Waals surface area (Å²) >= 11 is 0. The normalized spacial score (nSPS) is 20.9. The predicted molar refractivity (Wildman–Crippen MR) is 91.9 cm³/mol. The number of rotatable bonds is 2. The zero-order valence-electron chi connectivity index (χ0n) is 14.6.